The summed E-state index contributed by atoms with van der Waals surface area (Å²) in [5, 5.41) is 12.6. The van der Waals surface area contributed by atoms with E-state index in [-0.39, 0.29) is 29.4 Å². The first-order valence-corrected chi connectivity index (χ1v) is 7.33. The van der Waals surface area contributed by atoms with Crippen molar-refractivity contribution in [2.75, 3.05) is 0 Å². The van der Waals surface area contributed by atoms with Crippen LogP contribution >= 0.6 is 0 Å². The Morgan fingerprint density at radius 1 is 1.09 bits per heavy atom. The Balaban J connectivity index is 2.10. The molecule has 0 saturated heterocycles. The number of aromatic hydroxyl groups is 1. The van der Waals surface area contributed by atoms with Crippen molar-refractivity contribution < 1.29 is 14.6 Å². The first kappa shape index (κ1) is 15.9. The lowest BCUT2D eigenvalue weighted by molar-refractivity contribution is 0.0937. The normalized spacial score (nSPS) is 12.0. The summed E-state index contributed by atoms with van der Waals surface area (Å²) in [6.07, 6.45) is 0.0985. The summed E-state index contributed by atoms with van der Waals surface area (Å²) in [6.45, 7) is 5.83. The van der Waals surface area contributed by atoms with E-state index in [0.717, 1.165) is 11.3 Å². The van der Waals surface area contributed by atoms with E-state index in [1.54, 1.807) is 18.2 Å². The minimum Gasteiger partial charge on any atom is -0.507 e. The van der Waals surface area contributed by atoms with E-state index in [1.165, 1.54) is 6.07 Å². The number of amides is 1. The first-order chi connectivity index (χ1) is 10.5. The first-order valence-electron chi connectivity index (χ1n) is 7.33. The molecule has 0 aliphatic carbocycles. The number of carbonyl (C=O) groups excluding carboxylic acids is 1. The maximum absolute atomic E-state index is 12.2. The van der Waals surface area contributed by atoms with Gasteiger partial charge >= 0.3 is 0 Å². The van der Waals surface area contributed by atoms with Gasteiger partial charge in [-0.1, -0.05) is 24.3 Å². The summed E-state index contributed by atoms with van der Waals surface area (Å²) in [5.74, 6) is 0.445. The van der Waals surface area contributed by atoms with Gasteiger partial charge in [0.1, 0.15) is 11.5 Å². The maximum atomic E-state index is 12.2. The van der Waals surface area contributed by atoms with E-state index < -0.39 is 0 Å². The van der Waals surface area contributed by atoms with Crippen LogP contribution in [0.1, 0.15) is 42.7 Å². The van der Waals surface area contributed by atoms with Crippen LogP contribution in [0.5, 0.6) is 11.5 Å². The summed E-state index contributed by atoms with van der Waals surface area (Å²) < 4.78 is 5.66. The van der Waals surface area contributed by atoms with Crippen molar-refractivity contribution in [2.24, 2.45) is 0 Å². The zero-order chi connectivity index (χ0) is 16.1. The third-order valence-electron chi connectivity index (χ3n) is 3.23. The minimum absolute atomic E-state index is 0.0240. The molecular formula is C18H21NO3. The molecule has 2 rings (SSSR count). The Labute approximate surface area is 130 Å². The molecule has 4 heteroatoms. The second-order valence-corrected chi connectivity index (χ2v) is 5.45. The molecule has 1 atom stereocenters. The molecule has 1 unspecified atom stereocenters. The van der Waals surface area contributed by atoms with Crippen molar-refractivity contribution in [1.29, 1.82) is 0 Å². The fraction of sp³-hybridized carbons (Fsp3) is 0.278. The lowest BCUT2D eigenvalue weighted by Crippen LogP contribution is -2.26. The van der Waals surface area contributed by atoms with Crippen LogP contribution in [0.4, 0.5) is 0 Å². The van der Waals surface area contributed by atoms with Crippen molar-refractivity contribution in [1.82, 2.24) is 5.32 Å². The molecule has 0 saturated carbocycles. The number of phenolic OH excluding ortho intramolecular Hbond substituents is 1. The Bertz CT molecular complexity index is 652. The van der Waals surface area contributed by atoms with E-state index in [9.17, 15) is 9.90 Å². The van der Waals surface area contributed by atoms with E-state index in [4.69, 9.17) is 4.74 Å². The van der Waals surface area contributed by atoms with Gasteiger partial charge in [0.15, 0.2) is 0 Å². The van der Waals surface area contributed by atoms with Gasteiger partial charge in [-0.05, 0) is 50.6 Å². The van der Waals surface area contributed by atoms with Crippen molar-refractivity contribution in [3.8, 4) is 11.5 Å². The molecule has 0 aromatic heterocycles. The molecule has 0 aliphatic rings. The molecule has 2 aromatic carbocycles. The van der Waals surface area contributed by atoms with Crippen LogP contribution in [0.2, 0.25) is 0 Å². The molecule has 0 spiro atoms. The van der Waals surface area contributed by atoms with Gasteiger partial charge in [0.25, 0.3) is 5.91 Å². The highest BCUT2D eigenvalue weighted by atomic mass is 16.5. The monoisotopic (exact) mass is 299 g/mol. The number of hydrogen-bond acceptors (Lipinski definition) is 3. The van der Waals surface area contributed by atoms with Crippen LogP contribution in [-0.2, 0) is 0 Å². The summed E-state index contributed by atoms with van der Waals surface area (Å²) in [5.41, 5.74) is 1.21. The summed E-state index contributed by atoms with van der Waals surface area (Å²) in [7, 11) is 0. The maximum Gasteiger partial charge on any atom is 0.255 e. The number of rotatable bonds is 5. The zero-order valence-electron chi connectivity index (χ0n) is 13.0. The summed E-state index contributed by atoms with van der Waals surface area (Å²) in [6, 6.07) is 13.9. The number of ether oxygens (including phenoxy) is 1. The molecule has 2 N–H and O–H groups in total. The number of nitrogens with one attached hydrogen (secondary N) is 1. The number of benzene rings is 2. The Morgan fingerprint density at radius 3 is 2.50 bits per heavy atom. The van der Waals surface area contributed by atoms with Gasteiger partial charge in [-0.25, -0.2) is 0 Å². The number of carbonyl (C=O) groups is 1. The van der Waals surface area contributed by atoms with Gasteiger partial charge in [0, 0.05) is 0 Å². The molecule has 116 valence electrons. The SMILES string of the molecule is CC(C)Oc1cccc(C(C)NC(=O)c2ccccc2O)c1. The van der Waals surface area contributed by atoms with E-state index in [0.29, 0.717) is 0 Å². The predicted molar refractivity (Wildman–Crippen MR) is 86.2 cm³/mol. The second-order valence-electron chi connectivity index (χ2n) is 5.45. The lowest BCUT2D eigenvalue weighted by atomic mass is 10.1. The van der Waals surface area contributed by atoms with E-state index >= 15 is 0 Å². The summed E-state index contributed by atoms with van der Waals surface area (Å²) in [4.78, 5) is 12.2. The highest BCUT2D eigenvalue weighted by Gasteiger charge is 2.14. The molecule has 0 fully saturated rings. The van der Waals surface area contributed by atoms with Gasteiger partial charge in [-0.2, -0.15) is 0 Å². The molecular weight excluding hydrogens is 278 g/mol. The van der Waals surface area contributed by atoms with Crippen molar-refractivity contribution in [3.05, 3.63) is 59.7 Å². The molecule has 0 radical (unpaired) electrons. The Hall–Kier alpha value is -2.49. The van der Waals surface area contributed by atoms with Crippen LogP contribution in [-0.4, -0.2) is 17.1 Å². The highest BCUT2D eigenvalue weighted by molar-refractivity contribution is 5.96. The van der Waals surface area contributed by atoms with E-state index in [1.807, 2.05) is 45.0 Å². The third-order valence-corrected chi connectivity index (χ3v) is 3.23. The average molecular weight is 299 g/mol. The van der Waals surface area contributed by atoms with Crippen LogP contribution in [0.3, 0.4) is 0 Å². The third kappa shape index (κ3) is 4.01. The fourth-order valence-corrected chi connectivity index (χ4v) is 2.15. The molecule has 22 heavy (non-hydrogen) atoms. The fourth-order valence-electron chi connectivity index (χ4n) is 2.15. The summed E-state index contributed by atoms with van der Waals surface area (Å²) >= 11 is 0. The average Bonchev–Trinajstić information content (AvgIpc) is 2.47. The number of para-hydroxylation sites is 1. The van der Waals surface area contributed by atoms with Gasteiger partial charge in [-0.3, -0.25) is 4.79 Å². The highest BCUT2D eigenvalue weighted by Crippen LogP contribution is 2.22. The largest absolute Gasteiger partial charge is 0.507 e. The topological polar surface area (TPSA) is 58.6 Å². The van der Waals surface area contributed by atoms with Crippen molar-refractivity contribution in [3.63, 3.8) is 0 Å². The van der Waals surface area contributed by atoms with Crippen molar-refractivity contribution >= 4 is 5.91 Å². The molecule has 0 bridgehead atoms. The van der Waals surface area contributed by atoms with Gasteiger partial charge in [0.05, 0.1) is 17.7 Å². The van der Waals surface area contributed by atoms with E-state index in [2.05, 4.69) is 5.32 Å². The number of phenols is 1. The van der Waals surface area contributed by atoms with Gasteiger partial charge in [-0.15, -0.1) is 0 Å². The van der Waals surface area contributed by atoms with Gasteiger partial charge in [0.2, 0.25) is 0 Å². The minimum atomic E-state index is -0.305. The second kappa shape index (κ2) is 6.98. The molecule has 1 amide bonds. The Kier molecular flexibility index (Phi) is 5.04. The zero-order valence-corrected chi connectivity index (χ0v) is 13.0. The molecule has 0 heterocycles. The smallest absolute Gasteiger partial charge is 0.255 e. The van der Waals surface area contributed by atoms with Gasteiger partial charge < -0.3 is 15.2 Å². The quantitative estimate of drug-likeness (QED) is 0.885. The standard InChI is InChI=1S/C18H21NO3/c1-12(2)22-15-8-6-7-14(11-15)13(3)19-18(21)16-9-4-5-10-17(16)20/h4-13,20H,1-3H3,(H,19,21). The lowest BCUT2D eigenvalue weighted by Gasteiger charge is -2.17. The Morgan fingerprint density at radius 2 is 1.82 bits per heavy atom. The van der Waals surface area contributed by atoms with Crippen molar-refractivity contribution in [2.45, 2.75) is 32.9 Å². The molecule has 4 nitrogen and oxygen atoms in total. The predicted octanol–water partition coefficient (Wildman–Crippen LogP) is 3.67. The van der Waals surface area contributed by atoms with Crippen LogP contribution in [0.25, 0.3) is 0 Å². The molecule has 2 aromatic rings. The van der Waals surface area contributed by atoms with Crippen LogP contribution in [0, 0.1) is 0 Å². The molecule has 0 aliphatic heterocycles. The van der Waals surface area contributed by atoms with Crippen LogP contribution < -0.4 is 10.1 Å². The van der Waals surface area contributed by atoms with Crippen LogP contribution in [0.15, 0.2) is 48.5 Å². The number of hydrogen-bond donors (Lipinski definition) is 2.